The zero-order chi connectivity index (χ0) is 15.7. The molecule has 5 nitrogen and oxygen atoms in total. The number of benzene rings is 2. The Kier molecular flexibility index (Phi) is 3.88. The minimum absolute atomic E-state index is 0.160. The van der Waals surface area contributed by atoms with Gasteiger partial charge >= 0.3 is 0 Å². The molecule has 0 spiro atoms. The molecule has 0 amide bonds. The van der Waals surface area contributed by atoms with Crippen LogP contribution >= 0.6 is 11.6 Å². The van der Waals surface area contributed by atoms with E-state index < -0.39 is 10.0 Å². The largest absolute Gasteiger partial charge is 0.489 e. The average Bonchev–Trinajstić information content (AvgIpc) is 2.47. The van der Waals surface area contributed by atoms with Gasteiger partial charge in [0.2, 0.25) is 0 Å². The molecule has 0 saturated heterocycles. The molecular formula is C15H15ClN2O3S. The molecule has 0 aliphatic carbocycles. The Morgan fingerprint density at radius 3 is 2.64 bits per heavy atom. The lowest BCUT2D eigenvalue weighted by Crippen LogP contribution is -2.28. The van der Waals surface area contributed by atoms with Gasteiger partial charge < -0.3 is 9.64 Å². The maximum atomic E-state index is 12.3. The zero-order valence-electron chi connectivity index (χ0n) is 11.9. The molecule has 22 heavy (non-hydrogen) atoms. The van der Waals surface area contributed by atoms with E-state index in [1.54, 1.807) is 24.3 Å². The normalized spacial score (nSPS) is 14.2. The van der Waals surface area contributed by atoms with Crippen molar-refractivity contribution in [1.29, 1.82) is 0 Å². The van der Waals surface area contributed by atoms with Crippen LogP contribution < -0.4 is 14.4 Å². The number of hydrogen-bond acceptors (Lipinski definition) is 4. The maximum absolute atomic E-state index is 12.3. The fourth-order valence-corrected chi connectivity index (χ4v) is 3.42. The summed E-state index contributed by atoms with van der Waals surface area (Å²) in [5, 5.41) is 0.490. The summed E-state index contributed by atoms with van der Waals surface area (Å²) >= 11 is 5.78. The first kappa shape index (κ1) is 15.0. The van der Waals surface area contributed by atoms with Crippen molar-refractivity contribution < 1.29 is 13.2 Å². The molecule has 0 fully saturated rings. The number of halogens is 1. The predicted molar refractivity (Wildman–Crippen MR) is 87.5 cm³/mol. The van der Waals surface area contributed by atoms with Gasteiger partial charge in [0.05, 0.1) is 22.8 Å². The van der Waals surface area contributed by atoms with Gasteiger partial charge in [-0.3, -0.25) is 4.72 Å². The van der Waals surface area contributed by atoms with Crippen molar-refractivity contribution in [2.24, 2.45) is 0 Å². The summed E-state index contributed by atoms with van der Waals surface area (Å²) in [6, 6.07) is 11.3. The molecule has 116 valence electrons. The number of hydrogen-bond donors (Lipinski definition) is 1. The van der Waals surface area contributed by atoms with Crippen LogP contribution in [0.3, 0.4) is 0 Å². The monoisotopic (exact) mass is 338 g/mol. The van der Waals surface area contributed by atoms with Gasteiger partial charge in [-0.05, 0) is 36.4 Å². The highest BCUT2D eigenvalue weighted by Gasteiger charge is 2.18. The molecule has 1 N–H and O–H groups in total. The molecule has 0 aromatic heterocycles. The Morgan fingerprint density at radius 1 is 1.18 bits per heavy atom. The van der Waals surface area contributed by atoms with Crippen LogP contribution in [0, 0.1) is 0 Å². The summed E-state index contributed by atoms with van der Waals surface area (Å²) in [4.78, 5) is 2.23. The second-order valence-electron chi connectivity index (χ2n) is 5.01. The van der Waals surface area contributed by atoms with Crippen molar-refractivity contribution in [3.63, 3.8) is 0 Å². The number of sulfonamides is 1. The smallest absolute Gasteiger partial charge is 0.261 e. The highest BCUT2D eigenvalue weighted by molar-refractivity contribution is 7.92. The van der Waals surface area contributed by atoms with Crippen LogP contribution in [0.4, 0.5) is 11.4 Å². The molecular weight excluding hydrogens is 324 g/mol. The van der Waals surface area contributed by atoms with Gasteiger partial charge in [-0.15, -0.1) is 0 Å². The highest BCUT2D eigenvalue weighted by atomic mass is 35.5. The van der Waals surface area contributed by atoms with E-state index in [1.807, 2.05) is 13.1 Å². The Labute approximate surface area is 134 Å². The first-order valence-corrected chi connectivity index (χ1v) is 8.58. The van der Waals surface area contributed by atoms with E-state index in [-0.39, 0.29) is 4.90 Å². The average molecular weight is 339 g/mol. The van der Waals surface area contributed by atoms with Gasteiger partial charge in [0, 0.05) is 18.1 Å². The quantitative estimate of drug-likeness (QED) is 0.934. The molecule has 0 saturated carbocycles. The molecule has 2 aromatic carbocycles. The summed E-state index contributed by atoms with van der Waals surface area (Å²) in [7, 11) is -1.68. The Bertz CT molecular complexity index is 791. The topological polar surface area (TPSA) is 58.6 Å². The van der Waals surface area contributed by atoms with E-state index >= 15 is 0 Å². The van der Waals surface area contributed by atoms with Gasteiger partial charge in [-0.25, -0.2) is 8.42 Å². The van der Waals surface area contributed by atoms with E-state index in [0.29, 0.717) is 23.1 Å². The van der Waals surface area contributed by atoms with E-state index in [4.69, 9.17) is 16.3 Å². The van der Waals surface area contributed by atoms with Crippen molar-refractivity contribution in [3.05, 3.63) is 47.5 Å². The lowest BCUT2D eigenvalue weighted by Gasteiger charge is -2.28. The van der Waals surface area contributed by atoms with Crippen molar-refractivity contribution >= 4 is 33.0 Å². The van der Waals surface area contributed by atoms with E-state index in [2.05, 4.69) is 9.62 Å². The number of anilines is 2. The minimum atomic E-state index is -3.65. The summed E-state index contributed by atoms with van der Waals surface area (Å²) in [5.41, 5.74) is 1.41. The molecule has 0 unspecified atom stereocenters. The number of ether oxygens (including phenoxy) is 1. The van der Waals surface area contributed by atoms with Crippen LogP contribution in [0.25, 0.3) is 0 Å². The third-order valence-corrected chi connectivity index (χ3v) is 5.08. The predicted octanol–water partition coefficient (Wildman–Crippen LogP) is 2.97. The summed E-state index contributed by atoms with van der Waals surface area (Å²) in [6.45, 7) is 1.39. The number of nitrogens with zero attached hydrogens (tertiary/aromatic N) is 1. The maximum Gasteiger partial charge on any atom is 0.261 e. The number of likely N-dealkylation sites (N-methyl/N-ethyl adjacent to an activating group) is 1. The van der Waals surface area contributed by atoms with Gasteiger partial charge in [0.1, 0.15) is 12.4 Å². The third-order valence-electron chi connectivity index (χ3n) is 3.43. The number of fused-ring (bicyclic) bond motifs is 1. The molecule has 7 heteroatoms. The fraction of sp³-hybridized carbons (Fsp3) is 0.200. The second-order valence-corrected chi connectivity index (χ2v) is 7.13. The van der Waals surface area contributed by atoms with Crippen molar-refractivity contribution in [2.45, 2.75) is 4.90 Å². The first-order chi connectivity index (χ1) is 10.5. The Morgan fingerprint density at radius 2 is 1.91 bits per heavy atom. The minimum Gasteiger partial charge on any atom is -0.489 e. The standard InChI is InChI=1S/C15H15ClN2O3S/c1-18-8-9-21-15-10-12(4-7-14(15)18)17-22(19,20)13-5-2-11(16)3-6-13/h2-7,10,17H,8-9H2,1H3. The second kappa shape index (κ2) is 5.70. The molecule has 1 heterocycles. The Hall–Kier alpha value is -1.92. The fourth-order valence-electron chi connectivity index (χ4n) is 2.25. The first-order valence-electron chi connectivity index (χ1n) is 6.72. The summed E-state index contributed by atoms with van der Waals surface area (Å²) < 4.78 is 32.8. The van der Waals surface area contributed by atoms with E-state index in [9.17, 15) is 8.42 Å². The van der Waals surface area contributed by atoms with E-state index in [0.717, 1.165) is 12.2 Å². The summed E-state index contributed by atoms with van der Waals surface area (Å²) in [6.07, 6.45) is 0. The molecule has 0 atom stereocenters. The SMILES string of the molecule is CN1CCOc2cc(NS(=O)(=O)c3ccc(Cl)cc3)ccc21. The van der Waals surface area contributed by atoms with Crippen molar-refractivity contribution in [2.75, 3.05) is 29.8 Å². The summed E-state index contributed by atoms with van der Waals surface area (Å²) in [5.74, 6) is 0.671. The van der Waals surface area contributed by atoms with Gasteiger partial charge in [0.15, 0.2) is 0 Å². The van der Waals surface area contributed by atoms with E-state index in [1.165, 1.54) is 12.1 Å². The molecule has 1 aliphatic heterocycles. The lowest BCUT2D eigenvalue weighted by molar-refractivity contribution is 0.311. The van der Waals surface area contributed by atoms with Crippen LogP contribution in [0.15, 0.2) is 47.4 Å². The van der Waals surface area contributed by atoms with Crippen molar-refractivity contribution in [3.8, 4) is 5.75 Å². The zero-order valence-corrected chi connectivity index (χ0v) is 13.5. The van der Waals surface area contributed by atoms with Crippen LogP contribution in [0.1, 0.15) is 0 Å². The molecule has 0 bridgehead atoms. The third kappa shape index (κ3) is 2.98. The highest BCUT2D eigenvalue weighted by Crippen LogP contribution is 2.33. The Balaban J connectivity index is 1.88. The van der Waals surface area contributed by atoms with Gasteiger partial charge in [0.25, 0.3) is 10.0 Å². The van der Waals surface area contributed by atoms with Gasteiger partial charge in [-0.1, -0.05) is 11.6 Å². The molecule has 0 radical (unpaired) electrons. The lowest BCUT2D eigenvalue weighted by atomic mass is 10.2. The van der Waals surface area contributed by atoms with Crippen LogP contribution in [0.2, 0.25) is 5.02 Å². The number of rotatable bonds is 3. The van der Waals surface area contributed by atoms with Crippen LogP contribution in [-0.2, 0) is 10.0 Å². The molecule has 1 aliphatic rings. The van der Waals surface area contributed by atoms with Crippen LogP contribution in [-0.4, -0.2) is 28.6 Å². The van der Waals surface area contributed by atoms with Crippen molar-refractivity contribution in [1.82, 2.24) is 0 Å². The molecule has 2 aromatic rings. The number of nitrogens with one attached hydrogen (secondary N) is 1. The van der Waals surface area contributed by atoms with Crippen LogP contribution in [0.5, 0.6) is 5.75 Å². The van der Waals surface area contributed by atoms with Gasteiger partial charge in [-0.2, -0.15) is 0 Å². The molecule has 3 rings (SSSR count).